The van der Waals surface area contributed by atoms with Crippen molar-refractivity contribution in [3.05, 3.63) is 23.4 Å². The van der Waals surface area contributed by atoms with E-state index in [1.807, 2.05) is 33.9 Å². The number of nitrogens with zero attached hydrogens (tertiary/aromatic N) is 4. The molecule has 0 atom stereocenters. The molecule has 13 heavy (non-hydrogen) atoms. The predicted molar refractivity (Wildman–Crippen MR) is 51.6 cm³/mol. The average Bonchev–Trinajstić information content (AvgIpc) is 2.55. The van der Waals surface area contributed by atoms with Crippen LogP contribution in [0.3, 0.4) is 0 Å². The number of aryl methyl sites for hydroxylation is 2. The third kappa shape index (κ3) is 1.83. The summed E-state index contributed by atoms with van der Waals surface area (Å²) >= 11 is 0. The molecule has 0 bridgehead atoms. The van der Waals surface area contributed by atoms with Crippen LogP contribution in [-0.4, -0.2) is 20.0 Å². The van der Waals surface area contributed by atoms with Crippen molar-refractivity contribution in [3.8, 4) is 0 Å². The molecular weight excluding hydrogens is 164 g/mol. The summed E-state index contributed by atoms with van der Waals surface area (Å²) in [6.45, 7) is 8.02. The first-order valence-corrected chi connectivity index (χ1v) is 4.42. The molecule has 0 spiro atoms. The first-order valence-electron chi connectivity index (χ1n) is 4.42. The maximum absolute atomic E-state index is 3.86. The van der Waals surface area contributed by atoms with E-state index in [1.54, 1.807) is 4.52 Å². The molecule has 0 amide bonds. The maximum atomic E-state index is 3.86. The fourth-order valence-corrected chi connectivity index (χ4v) is 1.18. The van der Waals surface area contributed by atoms with Crippen molar-refractivity contribution in [2.24, 2.45) is 0 Å². The molecule has 2 aromatic heterocycles. The Labute approximate surface area is 77.6 Å². The third-order valence-electron chi connectivity index (χ3n) is 1.62. The van der Waals surface area contributed by atoms with E-state index in [-0.39, 0.29) is 0 Å². The summed E-state index contributed by atoms with van der Waals surface area (Å²) in [4.78, 5) is 0. The van der Waals surface area contributed by atoms with Crippen molar-refractivity contribution < 1.29 is 0 Å². The lowest BCUT2D eigenvalue weighted by Gasteiger charge is -1.95. The highest BCUT2D eigenvalue weighted by Crippen LogP contribution is 2.06. The highest BCUT2D eigenvalue weighted by atomic mass is 15.5. The SMILES string of the molecule is CC.Cc1cc(C)c2nnnn2c1. The Bertz CT molecular complexity index is 391. The van der Waals surface area contributed by atoms with Crippen LogP contribution in [0.2, 0.25) is 0 Å². The minimum Gasteiger partial charge on any atom is -0.200 e. The first kappa shape index (κ1) is 9.64. The van der Waals surface area contributed by atoms with Gasteiger partial charge in [-0.3, -0.25) is 0 Å². The quantitative estimate of drug-likeness (QED) is 0.617. The second kappa shape index (κ2) is 3.98. The van der Waals surface area contributed by atoms with Gasteiger partial charge in [0.2, 0.25) is 0 Å². The van der Waals surface area contributed by atoms with E-state index in [0.717, 1.165) is 11.2 Å². The van der Waals surface area contributed by atoms with Crippen LogP contribution >= 0.6 is 0 Å². The van der Waals surface area contributed by atoms with Gasteiger partial charge >= 0.3 is 0 Å². The standard InChI is InChI=1S/C7H8N4.C2H6/c1-5-3-6(2)7-8-9-10-11(7)4-5;1-2/h3-4H,1-2H3;1-2H3. The van der Waals surface area contributed by atoms with Gasteiger partial charge in [-0.15, -0.1) is 5.10 Å². The average molecular weight is 178 g/mol. The monoisotopic (exact) mass is 178 g/mol. The van der Waals surface area contributed by atoms with E-state index < -0.39 is 0 Å². The van der Waals surface area contributed by atoms with E-state index in [2.05, 4.69) is 21.6 Å². The molecule has 0 radical (unpaired) electrons. The van der Waals surface area contributed by atoms with Crippen molar-refractivity contribution in [2.75, 3.05) is 0 Å². The number of fused-ring (bicyclic) bond motifs is 1. The Morgan fingerprint density at radius 2 is 1.92 bits per heavy atom. The molecule has 0 aliphatic carbocycles. The van der Waals surface area contributed by atoms with Crippen molar-refractivity contribution in [1.29, 1.82) is 0 Å². The van der Waals surface area contributed by atoms with Crippen molar-refractivity contribution in [1.82, 2.24) is 20.0 Å². The Morgan fingerprint density at radius 3 is 2.62 bits per heavy atom. The number of pyridine rings is 1. The molecule has 0 aliphatic rings. The lowest BCUT2D eigenvalue weighted by Crippen LogP contribution is -1.91. The Kier molecular flexibility index (Phi) is 2.95. The van der Waals surface area contributed by atoms with Gasteiger partial charge < -0.3 is 0 Å². The number of aromatic nitrogens is 4. The van der Waals surface area contributed by atoms with Crippen LogP contribution in [0.25, 0.3) is 5.65 Å². The minimum absolute atomic E-state index is 0.829. The minimum atomic E-state index is 0.829. The first-order chi connectivity index (χ1) is 6.27. The van der Waals surface area contributed by atoms with E-state index in [0.29, 0.717) is 0 Å². The van der Waals surface area contributed by atoms with Crippen molar-refractivity contribution in [2.45, 2.75) is 27.7 Å². The largest absolute Gasteiger partial charge is 0.200 e. The Balaban J connectivity index is 0.000000396. The summed E-state index contributed by atoms with van der Waals surface area (Å²) in [5.41, 5.74) is 3.10. The molecule has 0 saturated heterocycles. The second-order valence-electron chi connectivity index (χ2n) is 2.65. The summed E-state index contributed by atoms with van der Waals surface area (Å²) in [6, 6.07) is 2.06. The van der Waals surface area contributed by atoms with Gasteiger partial charge in [0.25, 0.3) is 0 Å². The molecule has 4 nitrogen and oxygen atoms in total. The van der Waals surface area contributed by atoms with E-state index in [1.165, 1.54) is 5.56 Å². The summed E-state index contributed by atoms with van der Waals surface area (Å²) in [7, 11) is 0. The topological polar surface area (TPSA) is 43.1 Å². The van der Waals surface area contributed by atoms with Gasteiger partial charge in [0.05, 0.1) is 0 Å². The predicted octanol–water partition coefficient (Wildman–Crippen LogP) is 1.77. The van der Waals surface area contributed by atoms with Crippen LogP contribution in [0.4, 0.5) is 0 Å². The zero-order chi connectivity index (χ0) is 9.84. The Hall–Kier alpha value is -1.45. The molecule has 2 heterocycles. The van der Waals surface area contributed by atoms with E-state index >= 15 is 0 Å². The lowest BCUT2D eigenvalue weighted by atomic mass is 10.2. The van der Waals surface area contributed by atoms with Gasteiger partial charge in [-0.05, 0) is 35.4 Å². The molecular formula is C9H14N4. The van der Waals surface area contributed by atoms with Crippen molar-refractivity contribution in [3.63, 3.8) is 0 Å². The molecule has 0 saturated carbocycles. The van der Waals surface area contributed by atoms with Crippen LogP contribution in [0, 0.1) is 13.8 Å². The number of hydrogen-bond donors (Lipinski definition) is 0. The van der Waals surface area contributed by atoms with Gasteiger partial charge in [0, 0.05) is 6.20 Å². The van der Waals surface area contributed by atoms with Gasteiger partial charge in [-0.2, -0.15) is 0 Å². The normalized spacial score (nSPS) is 9.54. The number of tetrazole rings is 1. The Morgan fingerprint density at radius 1 is 1.23 bits per heavy atom. The second-order valence-corrected chi connectivity index (χ2v) is 2.65. The van der Waals surface area contributed by atoms with Gasteiger partial charge in [-0.1, -0.05) is 19.9 Å². The van der Waals surface area contributed by atoms with Crippen molar-refractivity contribution >= 4 is 5.65 Å². The zero-order valence-corrected chi connectivity index (χ0v) is 8.44. The van der Waals surface area contributed by atoms with Gasteiger partial charge in [-0.25, -0.2) is 4.52 Å². The van der Waals surface area contributed by atoms with Crippen LogP contribution in [-0.2, 0) is 0 Å². The maximum Gasteiger partial charge on any atom is 0.182 e. The van der Waals surface area contributed by atoms with Crippen LogP contribution in [0.15, 0.2) is 12.3 Å². The smallest absolute Gasteiger partial charge is 0.182 e. The zero-order valence-electron chi connectivity index (χ0n) is 8.44. The molecule has 2 rings (SSSR count). The fourth-order valence-electron chi connectivity index (χ4n) is 1.18. The lowest BCUT2D eigenvalue weighted by molar-refractivity contribution is 0.820. The van der Waals surface area contributed by atoms with E-state index in [9.17, 15) is 0 Å². The molecule has 0 N–H and O–H groups in total. The summed E-state index contributed by atoms with van der Waals surface area (Å²) in [5.74, 6) is 0. The van der Waals surface area contributed by atoms with Crippen LogP contribution < -0.4 is 0 Å². The molecule has 2 aromatic rings. The fraction of sp³-hybridized carbons (Fsp3) is 0.444. The van der Waals surface area contributed by atoms with E-state index in [4.69, 9.17) is 0 Å². The molecule has 4 heteroatoms. The highest BCUT2D eigenvalue weighted by molar-refractivity contribution is 5.45. The summed E-state index contributed by atoms with van der Waals surface area (Å²) in [6.07, 6.45) is 1.91. The molecule has 0 unspecified atom stereocenters. The molecule has 0 fully saturated rings. The number of hydrogen-bond acceptors (Lipinski definition) is 3. The van der Waals surface area contributed by atoms with Gasteiger partial charge in [0.15, 0.2) is 5.65 Å². The van der Waals surface area contributed by atoms with Gasteiger partial charge in [0.1, 0.15) is 0 Å². The third-order valence-corrected chi connectivity index (χ3v) is 1.62. The summed E-state index contributed by atoms with van der Waals surface area (Å²) in [5, 5.41) is 11.2. The summed E-state index contributed by atoms with van der Waals surface area (Å²) < 4.78 is 1.69. The van der Waals surface area contributed by atoms with Crippen LogP contribution in [0.1, 0.15) is 25.0 Å². The number of rotatable bonds is 0. The highest BCUT2D eigenvalue weighted by Gasteiger charge is 1.99. The van der Waals surface area contributed by atoms with Crippen LogP contribution in [0.5, 0.6) is 0 Å². The molecule has 0 aliphatic heterocycles. The molecule has 70 valence electrons. The molecule has 0 aromatic carbocycles.